The molecule has 2 nitrogen and oxygen atoms in total. The van der Waals surface area contributed by atoms with Crippen LogP contribution in [-0.4, -0.2) is 4.98 Å². The number of aromatic nitrogens is 1. The highest BCUT2D eigenvalue weighted by atomic mass is 15.1. The van der Waals surface area contributed by atoms with E-state index in [1.807, 2.05) is 0 Å². The van der Waals surface area contributed by atoms with Crippen molar-refractivity contribution in [3.8, 4) is 22.3 Å². The zero-order chi connectivity index (χ0) is 27.9. The average Bonchev–Trinajstić information content (AvgIpc) is 3.44. The number of benzene rings is 7. The Kier molecular flexibility index (Phi) is 5.82. The van der Waals surface area contributed by atoms with E-state index in [1.54, 1.807) is 0 Å². The Bertz CT molecular complexity index is 2170. The second-order valence-electron chi connectivity index (χ2n) is 10.8. The fraction of sp³-hybridized carbons (Fsp3) is 0. The van der Waals surface area contributed by atoms with Crippen LogP contribution in [0, 0.1) is 0 Å². The van der Waals surface area contributed by atoms with Crippen molar-refractivity contribution in [3.05, 3.63) is 164 Å². The maximum atomic E-state index is 3.53. The minimum Gasteiger partial charge on any atom is -0.355 e. The van der Waals surface area contributed by atoms with Crippen LogP contribution in [0.2, 0.25) is 0 Å². The van der Waals surface area contributed by atoms with Crippen molar-refractivity contribution in [2.75, 3.05) is 4.90 Å². The van der Waals surface area contributed by atoms with Crippen LogP contribution < -0.4 is 4.90 Å². The van der Waals surface area contributed by atoms with Crippen molar-refractivity contribution in [3.63, 3.8) is 0 Å². The lowest BCUT2D eigenvalue weighted by atomic mass is 10.0. The molecule has 198 valence electrons. The molecule has 0 bridgehead atoms. The zero-order valence-electron chi connectivity index (χ0n) is 23.0. The molecule has 0 aliphatic heterocycles. The van der Waals surface area contributed by atoms with Crippen molar-refractivity contribution in [1.82, 2.24) is 4.98 Å². The summed E-state index contributed by atoms with van der Waals surface area (Å²) in [6.07, 6.45) is 0. The number of fused-ring (bicyclic) bond motifs is 4. The van der Waals surface area contributed by atoms with E-state index in [2.05, 4.69) is 174 Å². The van der Waals surface area contributed by atoms with Gasteiger partial charge >= 0.3 is 0 Å². The van der Waals surface area contributed by atoms with Gasteiger partial charge in [0.2, 0.25) is 0 Å². The van der Waals surface area contributed by atoms with Gasteiger partial charge in [-0.3, -0.25) is 0 Å². The molecule has 0 unspecified atom stereocenters. The fourth-order valence-electron chi connectivity index (χ4n) is 6.03. The third-order valence-electron chi connectivity index (χ3n) is 8.19. The van der Waals surface area contributed by atoms with Crippen molar-refractivity contribution in [1.29, 1.82) is 0 Å². The Morgan fingerprint density at radius 2 is 0.857 bits per heavy atom. The summed E-state index contributed by atoms with van der Waals surface area (Å²) in [6.45, 7) is 0. The van der Waals surface area contributed by atoms with Crippen LogP contribution in [0.4, 0.5) is 17.1 Å². The van der Waals surface area contributed by atoms with E-state index >= 15 is 0 Å². The number of anilines is 3. The molecule has 0 fully saturated rings. The molecule has 0 saturated heterocycles. The number of para-hydroxylation sites is 2. The standard InChI is InChI=1S/C40H28N2/c1-2-10-34(11-3-1)42(35-21-16-29(17-22-35)32-15-14-28-8-4-5-9-31(28)26-32)36-23-18-30(19-24-36)33-20-25-40-38(27-33)37-12-6-7-13-39(37)41-40/h1-27,41H. The summed E-state index contributed by atoms with van der Waals surface area (Å²) in [5.41, 5.74) is 10.6. The molecule has 2 heteroatoms. The van der Waals surface area contributed by atoms with Gasteiger partial charge < -0.3 is 9.88 Å². The highest BCUT2D eigenvalue weighted by molar-refractivity contribution is 6.08. The molecule has 0 spiro atoms. The first-order valence-corrected chi connectivity index (χ1v) is 14.4. The van der Waals surface area contributed by atoms with E-state index in [9.17, 15) is 0 Å². The molecule has 0 atom stereocenters. The van der Waals surface area contributed by atoms with Gasteiger partial charge in [0.25, 0.3) is 0 Å². The Labute approximate surface area is 245 Å². The van der Waals surface area contributed by atoms with Gasteiger partial charge in [-0.15, -0.1) is 0 Å². The topological polar surface area (TPSA) is 19.0 Å². The second-order valence-corrected chi connectivity index (χ2v) is 10.8. The average molecular weight is 537 g/mol. The number of hydrogen-bond acceptors (Lipinski definition) is 1. The van der Waals surface area contributed by atoms with E-state index in [0.717, 1.165) is 17.1 Å². The van der Waals surface area contributed by atoms with Gasteiger partial charge in [-0.25, -0.2) is 0 Å². The van der Waals surface area contributed by atoms with Crippen LogP contribution in [-0.2, 0) is 0 Å². The Balaban J connectivity index is 1.15. The van der Waals surface area contributed by atoms with Crippen LogP contribution in [0.3, 0.4) is 0 Å². The van der Waals surface area contributed by atoms with Crippen molar-refractivity contribution < 1.29 is 0 Å². The van der Waals surface area contributed by atoms with Crippen LogP contribution >= 0.6 is 0 Å². The summed E-state index contributed by atoms with van der Waals surface area (Å²) in [5, 5.41) is 5.03. The summed E-state index contributed by atoms with van der Waals surface area (Å²) >= 11 is 0. The normalized spacial score (nSPS) is 11.3. The van der Waals surface area contributed by atoms with Gasteiger partial charge in [0.1, 0.15) is 0 Å². The minimum atomic E-state index is 1.12. The lowest BCUT2D eigenvalue weighted by Crippen LogP contribution is -2.09. The quantitative estimate of drug-likeness (QED) is 0.232. The number of nitrogens with one attached hydrogen (secondary N) is 1. The monoisotopic (exact) mass is 536 g/mol. The van der Waals surface area contributed by atoms with Crippen molar-refractivity contribution in [2.45, 2.75) is 0 Å². The lowest BCUT2D eigenvalue weighted by molar-refractivity contribution is 1.28. The summed E-state index contributed by atoms with van der Waals surface area (Å²) in [4.78, 5) is 5.85. The van der Waals surface area contributed by atoms with Gasteiger partial charge in [0, 0.05) is 38.9 Å². The van der Waals surface area contributed by atoms with Crippen LogP contribution in [0.25, 0.3) is 54.8 Å². The van der Waals surface area contributed by atoms with Crippen molar-refractivity contribution >= 4 is 49.6 Å². The van der Waals surface area contributed by atoms with Gasteiger partial charge in [-0.05, 0) is 93.7 Å². The predicted octanol–water partition coefficient (Wildman–Crippen LogP) is 11.3. The van der Waals surface area contributed by atoms with E-state index < -0.39 is 0 Å². The molecule has 8 rings (SSSR count). The molecule has 42 heavy (non-hydrogen) atoms. The molecule has 0 amide bonds. The van der Waals surface area contributed by atoms with Crippen LogP contribution in [0.5, 0.6) is 0 Å². The first kappa shape index (κ1) is 24.2. The molecule has 1 aromatic heterocycles. The molecule has 0 aliphatic rings. The first-order chi connectivity index (χ1) is 20.8. The minimum absolute atomic E-state index is 1.12. The van der Waals surface area contributed by atoms with Crippen LogP contribution in [0.1, 0.15) is 0 Å². The number of H-pyrrole nitrogens is 1. The Hall–Kier alpha value is -5.60. The molecule has 0 aliphatic carbocycles. The summed E-state index contributed by atoms with van der Waals surface area (Å²) in [7, 11) is 0. The van der Waals surface area contributed by atoms with E-state index in [-0.39, 0.29) is 0 Å². The van der Waals surface area contributed by atoms with E-state index in [1.165, 1.54) is 54.8 Å². The largest absolute Gasteiger partial charge is 0.355 e. The van der Waals surface area contributed by atoms with Gasteiger partial charge in [0.05, 0.1) is 0 Å². The lowest BCUT2D eigenvalue weighted by Gasteiger charge is -2.26. The van der Waals surface area contributed by atoms with Gasteiger partial charge in [0.15, 0.2) is 0 Å². The van der Waals surface area contributed by atoms with Crippen LogP contribution in [0.15, 0.2) is 164 Å². The molecular weight excluding hydrogens is 508 g/mol. The number of nitrogens with zero attached hydrogens (tertiary/aromatic N) is 1. The fourth-order valence-corrected chi connectivity index (χ4v) is 6.03. The smallest absolute Gasteiger partial charge is 0.0465 e. The molecular formula is C40H28N2. The number of hydrogen-bond donors (Lipinski definition) is 1. The third-order valence-corrected chi connectivity index (χ3v) is 8.19. The molecule has 1 heterocycles. The molecule has 0 radical (unpaired) electrons. The number of rotatable bonds is 5. The Morgan fingerprint density at radius 1 is 0.333 bits per heavy atom. The second kappa shape index (κ2) is 10.1. The maximum absolute atomic E-state index is 3.53. The maximum Gasteiger partial charge on any atom is 0.0465 e. The zero-order valence-corrected chi connectivity index (χ0v) is 23.0. The Morgan fingerprint density at radius 3 is 1.60 bits per heavy atom. The van der Waals surface area contributed by atoms with E-state index in [0.29, 0.717) is 0 Å². The third kappa shape index (κ3) is 4.31. The number of aromatic amines is 1. The first-order valence-electron chi connectivity index (χ1n) is 14.4. The summed E-state index contributed by atoms with van der Waals surface area (Å²) in [6, 6.07) is 58.7. The molecule has 8 aromatic rings. The highest BCUT2D eigenvalue weighted by Crippen LogP contribution is 2.37. The predicted molar refractivity (Wildman–Crippen MR) is 179 cm³/mol. The van der Waals surface area contributed by atoms with Crippen molar-refractivity contribution in [2.24, 2.45) is 0 Å². The summed E-state index contributed by atoms with van der Waals surface area (Å²) in [5.74, 6) is 0. The highest BCUT2D eigenvalue weighted by Gasteiger charge is 2.13. The molecule has 7 aromatic carbocycles. The summed E-state index contributed by atoms with van der Waals surface area (Å²) < 4.78 is 0. The van der Waals surface area contributed by atoms with Gasteiger partial charge in [-0.1, -0.05) is 103 Å². The molecule has 1 N–H and O–H groups in total. The van der Waals surface area contributed by atoms with Gasteiger partial charge in [-0.2, -0.15) is 0 Å². The molecule has 0 saturated carbocycles. The van der Waals surface area contributed by atoms with E-state index in [4.69, 9.17) is 0 Å². The SMILES string of the molecule is c1ccc(N(c2ccc(-c3ccc4ccccc4c3)cc2)c2ccc(-c3ccc4[nH]c5ccccc5c4c3)cc2)cc1.